The molecule has 0 unspecified atom stereocenters. The maximum Gasteiger partial charge on any atom is 0.0533 e. The van der Waals surface area contributed by atoms with Gasteiger partial charge in [0.25, 0.3) is 0 Å². The van der Waals surface area contributed by atoms with E-state index >= 15 is 0 Å². The summed E-state index contributed by atoms with van der Waals surface area (Å²) >= 11 is 0. The summed E-state index contributed by atoms with van der Waals surface area (Å²) in [5.74, 6) is 0. The second kappa shape index (κ2) is 4.62. The van der Waals surface area contributed by atoms with Crippen LogP contribution < -0.4 is 0 Å². The second-order valence-electron chi connectivity index (χ2n) is 4.26. The lowest BCUT2D eigenvalue weighted by atomic mass is 10.1. The molecule has 0 saturated heterocycles. The van der Waals surface area contributed by atoms with E-state index in [4.69, 9.17) is 0 Å². The van der Waals surface area contributed by atoms with E-state index in [1.54, 1.807) is 0 Å². The molecule has 0 atom stereocenters. The molecule has 0 amide bonds. The Bertz CT molecular complexity index is 585. The summed E-state index contributed by atoms with van der Waals surface area (Å²) in [6.07, 6.45) is 5.14. The second-order valence-corrected chi connectivity index (χ2v) is 4.26. The van der Waals surface area contributed by atoms with Crippen molar-refractivity contribution in [2.24, 2.45) is 0 Å². The average Bonchev–Trinajstić information content (AvgIpc) is 2.61. The Hall–Kier alpha value is -1.76. The third-order valence-corrected chi connectivity index (χ3v) is 3.24. The number of hydrogen-bond acceptors (Lipinski definition) is 0. The quantitative estimate of drug-likeness (QED) is 0.675. The lowest BCUT2D eigenvalue weighted by Crippen LogP contribution is -1.96. The molecule has 1 heteroatoms. The van der Waals surface area contributed by atoms with E-state index in [1.165, 1.54) is 22.2 Å². The van der Waals surface area contributed by atoms with Crippen LogP contribution in [0.15, 0.2) is 43.0 Å². The normalized spacial score (nSPS) is 11.5. The fraction of sp³-hybridized carbons (Fsp3) is 0.250. The van der Waals surface area contributed by atoms with Crippen LogP contribution in [-0.2, 0) is 6.42 Å². The molecule has 1 heterocycles. The maximum atomic E-state index is 4.15. The first kappa shape index (κ1) is 11.7. The molecular weight excluding hydrogens is 206 g/mol. The van der Waals surface area contributed by atoms with Crippen LogP contribution in [0, 0.1) is 6.92 Å². The van der Waals surface area contributed by atoms with E-state index in [2.05, 4.69) is 55.3 Å². The molecular formula is C16H19N. The minimum atomic E-state index is 1.03. The number of fused-ring (bicyclic) bond motifs is 1. The van der Waals surface area contributed by atoms with Gasteiger partial charge in [-0.05, 0) is 38.0 Å². The van der Waals surface area contributed by atoms with Gasteiger partial charge in [0.15, 0.2) is 0 Å². The van der Waals surface area contributed by atoms with Crippen LogP contribution in [0.2, 0.25) is 0 Å². The summed E-state index contributed by atoms with van der Waals surface area (Å²) in [4.78, 5) is 0. The molecule has 0 bridgehead atoms. The monoisotopic (exact) mass is 225 g/mol. The summed E-state index contributed by atoms with van der Waals surface area (Å²) < 4.78 is 2.24. The fourth-order valence-corrected chi connectivity index (χ4v) is 2.52. The Kier molecular flexibility index (Phi) is 3.19. The molecule has 0 aliphatic heterocycles. The third kappa shape index (κ3) is 1.82. The molecule has 2 rings (SSSR count). The smallest absolute Gasteiger partial charge is 0.0533 e. The number of aryl methyl sites for hydroxylation is 1. The molecule has 0 aliphatic rings. The first-order chi connectivity index (χ1) is 8.20. The zero-order valence-corrected chi connectivity index (χ0v) is 10.8. The van der Waals surface area contributed by atoms with E-state index in [1.807, 2.05) is 13.0 Å². The molecule has 1 nitrogen and oxygen atoms in total. The molecule has 0 saturated carbocycles. The van der Waals surface area contributed by atoms with E-state index in [0.29, 0.717) is 0 Å². The number of benzene rings is 1. The SMILES string of the molecule is C=C(C=CC)n1c(C)c(CC)c2ccccc21. The summed E-state index contributed by atoms with van der Waals surface area (Å²) in [7, 11) is 0. The summed E-state index contributed by atoms with van der Waals surface area (Å²) in [5, 5.41) is 1.35. The van der Waals surface area contributed by atoms with Crippen molar-refractivity contribution in [3.63, 3.8) is 0 Å². The lowest BCUT2D eigenvalue weighted by Gasteiger charge is -2.08. The van der Waals surface area contributed by atoms with Gasteiger partial charge in [-0.15, -0.1) is 0 Å². The number of aromatic nitrogens is 1. The third-order valence-electron chi connectivity index (χ3n) is 3.24. The standard InChI is InChI=1S/C16H19N/c1-5-9-12(3)17-13(4)14(6-2)15-10-7-8-11-16(15)17/h5,7-11H,3,6H2,1-2,4H3. The van der Waals surface area contributed by atoms with Crippen molar-refractivity contribution in [3.05, 3.63) is 54.3 Å². The highest BCUT2D eigenvalue weighted by Gasteiger charge is 2.12. The maximum absolute atomic E-state index is 4.15. The molecule has 0 radical (unpaired) electrons. The first-order valence-corrected chi connectivity index (χ1v) is 6.11. The number of nitrogens with zero attached hydrogens (tertiary/aromatic N) is 1. The molecule has 0 aliphatic carbocycles. The number of hydrogen-bond donors (Lipinski definition) is 0. The van der Waals surface area contributed by atoms with Crippen molar-refractivity contribution < 1.29 is 0 Å². The van der Waals surface area contributed by atoms with Gasteiger partial charge in [0, 0.05) is 16.8 Å². The fourth-order valence-electron chi connectivity index (χ4n) is 2.52. The van der Waals surface area contributed by atoms with Crippen LogP contribution in [-0.4, -0.2) is 4.57 Å². The molecule has 0 N–H and O–H groups in total. The van der Waals surface area contributed by atoms with Gasteiger partial charge in [0.1, 0.15) is 0 Å². The van der Waals surface area contributed by atoms with Crippen molar-refractivity contribution in [1.29, 1.82) is 0 Å². The Balaban J connectivity index is 2.78. The molecule has 1 aromatic carbocycles. The van der Waals surface area contributed by atoms with E-state index in [-0.39, 0.29) is 0 Å². The van der Waals surface area contributed by atoms with Crippen molar-refractivity contribution in [2.75, 3.05) is 0 Å². The largest absolute Gasteiger partial charge is 0.314 e. The van der Waals surface area contributed by atoms with Crippen LogP contribution in [0.4, 0.5) is 0 Å². The Labute approximate surface area is 103 Å². The summed E-state index contributed by atoms with van der Waals surface area (Å²) in [6.45, 7) is 10.6. The predicted molar refractivity (Wildman–Crippen MR) is 76.2 cm³/mol. The molecule has 2 aromatic rings. The zero-order valence-electron chi connectivity index (χ0n) is 10.8. The molecule has 1 aromatic heterocycles. The summed E-state index contributed by atoms with van der Waals surface area (Å²) in [5.41, 5.74) is 5.01. The van der Waals surface area contributed by atoms with Gasteiger partial charge in [-0.2, -0.15) is 0 Å². The van der Waals surface area contributed by atoms with E-state index < -0.39 is 0 Å². The Morgan fingerprint density at radius 3 is 2.71 bits per heavy atom. The minimum Gasteiger partial charge on any atom is -0.314 e. The minimum absolute atomic E-state index is 1.03. The Morgan fingerprint density at radius 2 is 2.06 bits per heavy atom. The van der Waals surface area contributed by atoms with Crippen LogP contribution >= 0.6 is 0 Å². The first-order valence-electron chi connectivity index (χ1n) is 6.11. The van der Waals surface area contributed by atoms with Gasteiger partial charge in [0.05, 0.1) is 5.52 Å². The van der Waals surface area contributed by atoms with Crippen LogP contribution in [0.5, 0.6) is 0 Å². The van der Waals surface area contributed by atoms with Crippen LogP contribution in [0.25, 0.3) is 16.6 Å². The van der Waals surface area contributed by atoms with Gasteiger partial charge in [-0.1, -0.05) is 37.8 Å². The highest BCUT2D eigenvalue weighted by atomic mass is 15.0. The number of rotatable bonds is 3. The highest BCUT2D eigenvalue weighted by molar-refractivity contribution is 5.89. The topological polar surface area (TPSA) is 4.93 Å². The summed E-state index contributed by atoms with van der Waals surface area (Å²) in [6, 6.07) is 8.54. The van der Waals surface area contributed by atoms with E-state index in [0.717, 1.165) is 12.1 Å². The van der Waals surface area contributed by atoms with Crippen molar-refractivity contribution >= 4 is 16.6 Å². The Morgan fingerprint density at radius 1 is 1.35 bits per heavy atom. The van der Waals surface area contributed by atoms with Gasteiger partial charge in [-0.3, -0.25) is 0 Å². The molecule has 0 spiro atoms. The van der Waals surface area contributed by atoms with Crippen molar-refractivity contribution in [1.82, 2.24) is 4.57 Å². The molecule has 88 valence electrons. The van der Waals surface area contributed by atoms with Crippen LogP contribution in [0.3, 0.4) is 0 Å². The van der Waals surface area contributed by atoms with Crippen molar-refractivity contribution in [2.45, 2.75) is 27.2 Å². The van der Waals surface area contributed by atoms with Gasteiger partial charge in [-0.25, -0.2) is 0 Å². The van der Waals surface area contributed by atoms with Gasteiger partial charge < -0.3 is 4.57 Å². The molecule has 17 heavy (non-hydrogen) atoms. The number of para-hydroxylation sites is 1. The highest BCUT2D eigenvalue weighted by Crippen LogP contribution is 2.28. The van der Waals surface area contributed by atoms with Crippen molar-refractivity contribution in [3.8, 4) is 0 Å². The zero-order chi connectivity index (χ0) is 12.4. The van der Waals surface area contributed by atoms with Gasteiger partial charge in [0.2, 0.25) is 0 Å². The molecule has 0 fully saturated rings. The predicted octanol–water partition coefficient (Wildman–Crippen LogP) is 4.56. The average molecular weight is 225 g/mol. The number of allylic oxidation sites excluding steroid dienone is 3. The van der Waals surface area contributed by atoms with Gasteiger partial charge >= 0.3 is 0 Å². The van der Waals surface area contributed by atoms with E-state index in [9.17, 15) is 0 Å². The lowest BCUT2D eigenvalue weighted by molar-refractivity contribution is 1.03. The van der Waals surface area contributed by atoms with Crippen LogP contribution in [0.1, 0.15) is 25.1 Å².